The van der Waals surface area contributed by atoms with Crippen LogP contribution in [0.2, 0.25) is 0 Å². The molecule has 1 atom stereocenters. The van der Waals surface area contributed by atoms with Crippen LogP contribution in [0.1, 0.15) is 89.8 Å². The molecule has 1 aromatic rings. The van der Waals surface area contributed by atoms with Gasteiger partial charge in [0.05, 0.1) is 12.7 Å². The number of hydrogen-bond acceptors (Lipinski definition) is 7. The first-order chi connectivity index (χ1) is 14.2. The Kier molecular flexibility index (Phi) is 6.95. The number of carbonyl (C=O) groups excluding carboxylic acids is 2. The summed E-state index contributed by atoms with van der Waals surface area (Å²) in [6.45, 7) is 14.4. The maximum Gasteiger partial charge on any atom is 0.358 e. The second-order valence-electron chi connectivity index (χ2n) is 8.90. The molecule has 0 saturated heterocycles. The molecule has 0 bridgehead atoms. The van der Waals surface area contributed by atoms with Crippen molar-refractivity contribution in [3.05, 3.63) is 40.2 Å². The van der Waals surface area contributed by atoms with Crippen LogP contribution in [-0.4, -0.2) is 33.1 Å². The third-order valence-electron chi connectivity index (χ3n) is 5.47. The van der Waals surface area contributed by atoms with Crippen molar-refractivity contribution in [3.8, 4) is 0 Å². The number of benzene rings is 1. The van der Waals surface area contributed by atoms with E-state index in [-0.39, 0.29) is 34.0 Å². The lowest BCUT2D eigenvalue weighted by atomic mass is 9.89. The maximum absolute atomic E-state index is 13.6. The maximum atomic E-state index is 13.6. The van der Waals surface area contributed by atoms with Gasteiger partial charge < -0.3 is 13.7 Å². The van der Waals surface area contributed by atoms with E-state index in [0.29, 0.717) is 11.1 Å². The first-order valence-electron chi connectivity index (χ1n) is 10.3. The van der Waals surface area contributed by atoms with Crippen molar-refractivity contribution >= 4 is 22.1 Å². The third kappa shape index (κ3) is 4.49. The number of ether oxygens (including phenoxy) is 2. The van der Waals surface area contributed by atoms with Crippen molar-refractivity contribution < 1.29 is 31.7 Å². The second kappa shape index (κ2) is 8.65. The van der Waals surface area contributed by atoms with Gasteiger partial charge in [-0.1, -0.05) is 53.7 Å². The van der Waals surface area contributed by atoms with Gasteiger partial charge in [0.25, 0.3) is 5.60 Å². The van der Waals surface area contributed by atoms with E-state index < -0.39 is 27.7 Å². The van der Waals surface area contributed by atoms with Crippen LogP contribution in [0.4, 0.5) is 0 Å². The van der Waals surface area contributed by atoms with Crippen LogP contribution in [0.5, 0.6) is 0 Å². The molecule has 0 amide bonds. The SMILES string of the molecule is COC(=O)C1(C)OC(=O)C(C)=C1OS(=O)(=O)c1c(C(C)C)cc(C(C)C)cc1C(C)C. The molecule has 0 N–H and O–H groups in total. The Morgan fingerprint density at radius 2 is 1.48 bits per heavy atom. The van der Waals surface area contributed by atoms with Crippen molar-refractivity contribution in [1.29, 1.82) is 0 Å². The molecule has 0 fully saturated rings. The highest BCUT2D eigenvalue weighted by Crippen LogP contribution is 2.40. The molecule has 0 saturated carbocycles. The molecule has 8 heteroatoms. The summed E-state index contributed by atoms with van der Waals surface area (Å²) >= 11 is 0. The fraction of sp³-hybridized carbons (Fsp3) is 0.565. The summed E-state index contributed by atoms with van der Waals surface area (Å²) in [5.74, 6) is -2.13. The molecule has 0 spiro atoms. The number of hydrogen-bond donors (Lipinski definition) is 0. The average molecular weight is 453 g/mol. The quantitative estimate of drug-likeness (QED) is 0.443. The molecule has 2 rings (SSSR count). The van der Waals surface area contributed by atoms with Crippen LogP contribution in [0.15, 0.2) is 28.4 Å². The highest BCUT2D eigenvalue weighted by molar-refractivity contribution is 7.87. The molecule has 172 valence electrons. The lowest BCUT2D eigenvalue weighted by molar-refractivity contribution is -0.170. The van der Waals surface area contributed by atoms with Crippen LogP contribution < -0.4 is 0 Å². The van der Waals surface area contributed by atoms with Crippen molar-refractivity contribution in [3.63, 3.8) is 0 Å². The molecule has 1 unspecified atom stereocenters. The van der Waals surface area contributed by atoms with E-state index in [4.69, 9.17) is 13.7 Å². The normalized spacial score (nSPS) is 19.4. The first-order valence-corrected chi connectivity index (χ1v) is 11.7. The van der Waals surface area contributed by atoms with E-state index in [0.717, 1.165) is 12.7 Å². The first kappa shape index (κ1) is 24.9. The molecule has 0 radical (unpaired) electrons. The number of rotatable bonds is 7. The average Bonchev–Trinajstić information content (AvgIpc) is 2.89. The highest BCUT2D eigenvalue weighted by atomic mass is 32.2. The highest BCUT2D eigenvalue weighted by Gasteiger charge is 2.53. The van der Waals surface area contributed by atoms with E-state index in [9.17, 15) is 18.0 Å². The topological polar surface area (TPSA) is 96.0 Å². The van der Waals surface area contributed by atoms with Crippen LogP contribution >= 0.6 is 0 Å². The van der Waals surface area contributed by atoms with Crippen molar-refractivity contribution in [2.75, 3.05) is 7.11 Å². The van der Waals surface area contributed by atoms with Gasteiger partial charge in [0, 0.05) is 0 Å². The van der Waals surface area contributed by atoms with Gasteiger partial charge in [0.2, 0.25) is 0 Å². The van der Waals surface area contributed by atoms with Gasteiger partial charge in [0.1, 0.15) is 4.90 Å². The zero-order chi connectivity index (χ0) is 23.9. The minimum atomic E-state index is -4.40. The van der Waals surface area contributed by atoms with Gasteiger partial charge in [-0.2, -0.15) is 8.42 Å². The molecule has 1 aliphatic heterocycles. The van der Waals surface area contributed by atoms with Crippen molar-refractivity contribution in [2.45, 2.75) is 83.6 Å². The van der Waals surface area contributed by atoms with Gasteiger partial charge in [-0.05, 0) is 48.3 Å². The zero-order valence-corrected chi connectivity index (χ0v) is 20.5. The predicted octanol–water partition coefficient (Wildman–Crippen LogP) is 4.52. The van der Waals surface area contributed by atoms with E-state index in [1.165, 1.54) is 13.8 Å². The summed E-state index contributed by atoms with van der Waals surface area (Å²) in [5.41, 5.74) is 0.209. The Morgan fingerprint density at radius 3 is 1.87 bits per heavy atom. The van der Waals surface area contributed by atoms with Crippen molar-refractivity contribution in [2.24, 2.45) is 0 Å². The number of methoxy groups -OCH3 is 1. The minimum Gasteiger partial charge on any atom is -0.466 e. The third-order valence-corrected chi connectivity index (χ3v) is 6.83. The van der Waals surface area contributed by atoms with Crippen LogP contribution in [-0.2, 0) is 33.4 Å². The predicted molar refractivity (Wildman–Crippen MR) is 116 cm³/mol. The summed E-state index contributed by atoms with van der Waals surface area (Å²) < 4.78 is 42.5. The molecular formula is C23H32O7S. The lowest BCUT2D eigenvalue weighted by Crippen LogP contribution is -2.40. The Bertz CT molecular complexity index is 1000. The molecule has 31 heavy (non-hydrogen) atoms. The van der Waals surface area contributed by atoms with Crippen LogP contribution in [0, 0.1) is 0 Å². The Morgan fingerprint density at radius 1 is 1.00 bits per heavy atom. The minimum absolute atomic E-state index is 0.0637. The van der Waals surface area contributed by atoms with Gasteiger partial charge >= 0.3 is 22.1 Å². The molecule has 1 aliphatic rings. The zero-order valence-electron chi connectivity index (χ0n) is 19.7. The monoisotopic (exact) mass is 452 g/mol. The van der Waals surface area contributed by atoms with E-state index in [1.807, 2.05) is 53.7 Å². The summed E-state index contributed by atoms with van der Waals surface area (Å²) in [4.78, 5) is 24.5. The van der Waals surface area contributed by atoms with E-state index >= 15 is 0 Å². The molecule has 0 aromatic heterocycles. The van der Waals surface area contributed by atoms with Gasteiger partial charge in [-0.15, -0.1) is 0 Å². The van der Waals surface area contributed by atoms with Gasteiger partial charge in [0.15, 0.2) is 5.76 Å². The second-order valence-corrected chi connectivity index (χ2v) is 10.4. The van der Waals surface area contributed by atoms with Crippen LogP contribution in [0.25, 0.3) is 0 Å². The van der Waals surface area contributed by atoms with E-state index in [1.54, 1.807) is 0 Å². The molecule has 1 heterocycles. The molecule has 7 nitrogen and oxygen atoms in total. The standard InChI is InChI=1S/C23H32O7S/c1-12(2)16-10-17(13(3)4)19(18(11-16)14(5)6)31(26,27)30-20-15(7)21(24)29-23(20,8)22(25)28-9/h10-14H,1-9H3. The molecule has 1 aromatic carbocycles. The molecular weight excluding hydrogens is 420 g/mol. The van der Waals surface area contributed by atoms with Gasteiger partial charge in [-0.3, -0.25) is 0 Å². The fourth-order valence-electron chi connectivity index (χ4n) is 3.56. The van der Waals surface area contributed by atoms with Crippen LogP contribution in [0.3, 0.4) is 0 Å². The Labute approximate surface area is 184 Å². The smallest absolute Gasteiger partial charge is 0.358 e. The van der Waals surface area contributed by atoms with E-state index in [2.05, 4.69) is 0 Å². The van der Waals surface area contributed by atoms with Crippen molar-refractivity contribution in [1.82, 2.24) is 0 Å². The molecule has 0 aliphatic carbocycles. The largest absolute Gasteiger partial charge is 0.466 e. The summed E-state index contributed by atoms with van der Waals surface area (Å²) in [6.07, 6.45) is 0. The Hall–Kier alpha value is -2.35. The number of carbonyl (C=O) groups is 2. The Balaban J connectivity index is 2.75. The lowest BCUT2D eigenvalue weighted by Gasteiger charge is -2.26. The number of esters is 2. The summed E-state index contributed by atoms with van der Waals surface area (Å²) in [5, 5.41) is 0. The summed E-state index contributed by atoms with van der Waals surface area (Å²) in [6, 6.07) is 3.77. The van der Waals surface area contributed by atoms with Gasteiger partial charge in [-0.25, -0.2) is 9.59 Å². The summed E-state index contributed by atoms with van der Waals surface area (Å²) in [7, 11) is -3.28. The fourth-order valence-corrected chi connectivity index (χ4v) is 5.31. The number of cyclic esters (lactones) is 1.